The maximum absolute atomic E-state index is 11.9. The lowest BCUT2D eigenvalue weighted by molar-refractivity contribution is -0.139. The Kier molecular flexibility index (Phi) is 6.06. The van der Waals surface area contributed by atoms with E-state index in [4.69, 9.17) is 5.11 Å². The number of amides is 1. The van der Waals surface area contributed by atoms with E-state index in [1.54, 1.807) is 19.1 Å². The predicted octanol–water partition coefficient (Wildman–Crippen LogP) is 2.62. The molecule has 0 saturated carbocycles. The molecule has 2 N–H and O–H groups in total. The number of nitrogens with one attached hydrogen (secondary N) is 1. The van der Waals surface area contributed by atoms with Gasteiger partial charge in [-0.1, -0.05) is 32.4 Å². The highest BCUT2D eigenvalue weighted by atomic mass is 16.4. The fourth-order valence-electron chi connectivity index (χ4n) is 1.78. The van der Waals surface area contributed by atoms with Gasteiger partial charge >= 0.3 is 5.97 Å². The fourth-order valence-corrected chi connectivity index (χ4v) is 1.78. The van der Waals surface area contributed by atoms with Gasteiger partial charge in [-0.05, 0) is 37.0 Å². The van der Waals surface area contributed by atoms with Crippen LogP contribution in [0.2, 0.25) is 0 Å². The van der Waals surface area contributed by atoms with E-state index in [0.717, 1.165) is 19.3 Å². The quantitative estimate of drug-likeness (QED) is 0.794. The summed E-state index contributed by atoms with van der Waals surface area (Å²) >= 11 is 0. The lowest BCUT2D eigenvalue weighted by atomic mass is 10.1. The molecule has 0 heterocycles. The average Bonchev–Trinajstić information content (AvgIpc) is 2.42. The molecule has 1 unspecified atom stereocenters. The van der Waals surface area contributed by atoms with Crippen LogP contribution in [0.15, 0.2) is 24.3 Å². The van der Waals surface area contributed by atoms with Crippen LogP contribution in [-0.2, 0) is 11.2 Å². The minimum atomic E-state index is -1.00. The normalized spacial score (nSPS) is 11.9. The summed E-state index contributed by atoms with van der Waals surface area (Å²) in [7, 11) is 0. The first-order valence-corrected chi connectivity index (χ1v) is 6.71. The number of carboxylic acids is 1. The van der Waals surface area contributed by atoms with Crippen molar-refractivity contribution in [3.8, 4) is 0 Å². The van der Waals surface area contributed by atoms with Crippen LogP contribution in [0.1, 0.15) is 49.0 Å². The van der Waals surface area contributed by atoms with Crippen molar-refractivity contribution in [1.29, 1.82) is 0 Å². The van der Waals surface area contributed by atoms with Gasteiger partial charge in [0.15, 0.2) is 0 Å². The number of carbonyl (C=O) groups excluding carboxylic acids is 1. The molecule has 0 aliphatic heterocycles. The molecule has 104 valence electrons. The Hall–Kier alpha value is -1.84. The molecule has 19 heavy (non-hydrogen) atoms. The van der Waals surface area contributed by atoms with Crippen LogP contribution in [0.3, 0.4) is 0 Å². The molecule has 0 aliphatic carbocycles. The van der Waals surface area contributed by atoms with Crippen LogP contribution in [0, 0.1) is 0 Å². The van der Waals surface area contributed by atoms with Gasteiger partial charge in [-0.2, -0.15) is 0 Å². The molecule has 1 rings (SSSR count). The zero-order valence-electron chi connectivity index (χ0n) is 11.5. The van der Waals surface area contributed by atoms with Crippen LogP contribution in [0.5, 0.6) is 0 Å². The largest absolute Gasteiger partial charge is 0.480 e. The number of carboxylic acid groups (broad SMARTS) is 1. The van der Waals surface area contributed by atoms with E-state index in [9.17, 15) is 9.59 Å². The first-order chi connectivity index (χ1) is 9.08. The first kappa shape index (κ1) is 15.2. The van der Waals surface area contributed by atoms with Gasteiger partial charge in [-0.3, -0.25) is 4.79 Å². The third kappa shape index (κ3) is 4.73. The lowest BCUT2D eigenvalue weighted by Crippen LogP contribution is -2.40. The second-order valence-electron chi connectivity index (χ2n) is 4.57. The Morgan fingerprint density at radius 3 is 2.32 bits per heavy atom. The van der Waals surface area contributed by atoms with Gasteiger partial charge < -0.3 is 10.4 Å². The highest BCUT2D eigenvalue weighted by Gasteiger charge is 2.18. The number of aliphatic carboxylic acids is 1. The topological polar surface area (TPSA) is 66.4 Å². The van der Waals surface area contributed by atoms with Gasteiger partial charge in [0.2, 0.25) is 0 Å². The maximum atomic E-state index is 11.9. The number of hydrogen-bond donors (Lipinski definition) is 2. The zero-order chi connectivity index (χ0) is 14.3. The van der Waals surface area contributed by atoms with Crippen molar-refractivity contribution < 1.29 is 14.7 Å². The molecule has 4 heteroatoms. The summed E-state index contributed by atoms with van der Waals surface area (Å²) in [5.74, 6) is -1.34. The molecule has 1 aromatic rings. The predicted molar refractivity (Wildman–Crippen MR) is 74.2 cm³/mol. The summed E-state index contributed by atoms with van der Waals surface area (Å²) in [5, 5.41) is 11.4. The third-order valence-corrected chi connectivity index (χ3v) is 3.05. The van der Waals surface area contributed by atoms with Crippen LogP contribution in [-0.4, -0.2) is 23.0 Å². The van der Waals surface area contributed by atoms with Crippen LogP contribution in [0.4, 0.5) is 0 Å². The SMILES string of the molecule is CCCCc1ccc(C(=O)NC(CC)C(=O)O)cc1. The Morgan fingerprint density at radius 2 is 1.84 bits per heavy atom. The Morgan fingerprint density at radius 1 is 1.21 bits per heavy atom. The minimum absolute atomic E-state index is 0.337. The first-order valence-electron chi connectivity index (χ1n) is 6.71. The molecule has 0 aliphatic rings. The average molecular weight is 263 g/mol. The van der Waals surface area contributed by atoms with Crippen molar-refractivity contribution in [2.45, 2.75) is 45.6 Å². The maximum Gasteiger partial charge on any atom is 0.326 e. The summed E-state index contributed by atoms with van der Waals surface area (Å²) in [6.07, 6.45) is 3.64. The van der Waals surface area contributed by atoms with Crippen LogP contribution in [0.25, 0.3) is 0 Å². The van der Waals surface area contributed by atoms with E-state index in [2.05, 4.69) is 12.2 Å². The molecular formula is C15H21NO3. The molecule has 0 spiro atoms. The number of rotatable bonds is 7. The molecule has 0 fully saturated rings. The molecule has 0 aromatic heterocycles. The van der Waals surface area contributed by atoms with Gasteiger partial charge in [0.25, 0.3) is 5.91 Å². The molecule has 1 aromatic carbocycles. The van der Waals surface area contributed by atoms with Gasteiger partial charge in [0.05, 0.1) is 0 Å². The molecule has 1 atom stereocenters. The molecule has 0 radical (unpaired) electrons. The van der Waals surface area contributed by atoms with Gasteiger partial charge in [0, 0.05) is 5.56 Å². The molecule has 4 nitrogen and oxygen atoms in total. The van der Waals surface area contributed by atoms with Crippen molar-refractivity contribution in [2.24, 2.45) is 0 Å². The highest BCUT2D eigenvalue weighted by Crippen LogP contribution is 2.08. The Bertz CT molecular complexity index is 426. The van der Waals surface area contributed by atoms with E-state index >= 15 is 0 Å². The number of aryl methyl sites for hydroxylation is 1. The van der Waals surface area contributed by atoms with E-state index in [0.29, 0.717) is 12.0 Å². The second kappa shape index (κ2) is 7.56. The second-order valence-corrected chi connectivity index (χ2v) is 4.57. The fraction of sp³-hybridized carbons (Fsp3) is 0.467. The molecule has 0 saturated heterocycles. The van der Waals surface area contributed by atoms with E-state index in [-0.39, 0.29) is 5.91 Å². The Balaban J connectivity index is 2.64. The zero-order valence-corrected chi connectivity index (χ0v) is 11.5. The highest BCUT2D eigenvalue weighted by molar-refractivity contribution is 5.96. The van der Waals surface area contributed by atoms with Crippen molar-refractivity contribution in [3.05, 3.63) is 35.4 Å². The van der Waals surface area contributed by atoms with E-state index in [1.165, 1.54) is 5.56 Å². The third-order valence-electron chi connectivity index (χ3n) is 3.05. The summed E-state index contributed by atoms with van der Waals surface area (Å²) < 4.78 is 0. The number of unbranched alkanes of at least 4 members (excludes halogenated alkanes) is 1. The number of benzene rings is 1. The number of carbonyl (C=O) groups is 2. The van der Waals surface area contributed by atoms with Crippen molar-refractivity contribution in [2.75, 3.05) is 0 Å². The smallest absolute Gasteiger partial charge is 0.326 e. The monoisotopic (exact) mass is 263 g/mol. The van der Waals surface area contributed by atoms with Crippen molar-refractivity contribution in [1.82, 2.24) is 5.32 Å². The Labute approximate surface area is 113 Å². The number of hydrogen-bond acceptors (Lipinski definition) is 2. The van der Waals surface area contributed by atoms with Crippen molar-refractivity contribution in [3.63, 3.8) is 0 Å². The van der Waals surface area contributed by atoms with E-state index < -0.39 is 12.0 Å². The van der Waals surface area contributed by atoms with Crippen molar-refractivity contribution >= 4 is 11.9 Å². The molecule has 1 amide bonds. The van der Waals surface area contributed by atoms with Crippen LogP contribution >= 0.6 is 0 Å². The summed E-state index contributed by atoms with van der Waals surface area (Å²) in [5.41, 5.74) is 1.70. The minimum Gasteiger partial charge on any atom is -0.480 e. The standard InChI is InChI=1S/C15H21NO3/c1-3-5-6-11-7-9-12(10-8-11)14(17)16-13(4-2)15(18)19/h7-10,13H,3-6H2,1-2H3,(H,16,17)(H,18,19). The van der Waals surface area contributed by atoms with Gasteiger partial charge in [-0.25, -0.2) is 4.79 Å². The van der Waals surface area contributed by atoms with Crippen LogP contribution < -0.4 is 5.32 Å². The van der Waals surface area contributed by atoms with Gasteiger partial charge in [-0.15, -0.1) is 0 Å². The van der Waals surface area contributed by atoms with Gasteiger partial charge in [0.1, 0.15) is 6.04 Å². The molecular weight excluding hydrogens is 242 g/mol. The summed E-state index contributed by atoms with van der Waals surface area (Å²) in [4.78, 5) is 22.7. The lowest BCUT2D eigenvalue weighted by Gasteiger charge is -2.12. The molecule has 0 bridgehead atoms. The summed E-state index contributed by atoms with van der Waals surface area (Å²) in [6, 6.07) is 6.51. The van der Waals surface area contributed by atoms with E-state index in [1.807, 2.05) is 12.1 Å². The summed E-state index contributed by atoms with van der Waals surface area (Å²) in [6.45, 7) is 3.87.